The maximum absolute atomic E-state index is 13.1. The fourth-order valence-electron chi connectivity index (χ4n) is 3.24. The van der Waals surface area contributed by atoms with Gasteiger partial charge in [-0.15, -0.1) is 0 Å². The minimum atomic E-state index is -3.80. The number of carbonyl (C=O) groups excluding carboxylic acids is 1. The molecular weight excluding hydrogens is 479 g/mol. The first kappa shape index (κ1) is 24.4. The third-order valence-corrected chi connectivity index (χ3v) is 8.61. The van der Waals surface area contributed by atoms with Gasteiger partial charge < -0.3 is 5.32 Å². The lowest BCUT2D eigenvalue weighted by Crippen LogP contribution is -2.35. The third kappa shape index (κ3) is 5.94. The number of carbonyl (C=O) groups is 1. The smallest absolute Gasteiger partial charge is 0.243 e. The van der Waals surface area contributed by atoms with Gasteiger partial charge in [0.1, 0.15) is 5.82 Å². The Hall–Kier alpha value is -2.27. The number of rotatable bonds is 8. The van der Waals surface area contributed by atoms with E-state index in [1.807, 2.05) is 0 Å². The Kier molecular flexibility index (Phi) is 7.71. The van der Waals surface area contributed by atoms with Crippen molar-refractivity contribution >= 4 is 37.4 Å². The zero-order valence-corrected chi connectivity index (χ0v) is 19.3. The summed E-state index contributed by atoms with van der Waals surface area (Å²) in [5, 5.41) is 4.22. The van der Waals surface area contributed by atoms with Crippen LogP contribution in [0.2, 0.25) is 5.02 Å². The lowest BCUT2D eigenvalue weighted by atomic mass is 10.1. The Morgan fingerprint density at radius 2 is 1.69 bits per heavy atom. The highest BCUT2D eigenvalue weighted by atomic mass is 35.5. The van der Waals surface area contributed by atoms with E-state index in [0.29, 0.717) is 17.9 Å². The molecule has 0 saturated carbocycles. The first-order valence-corrected chi connectivity index (χ1v) is 13.2. The monoisotopic (exact) mass is 500 g/mol. The Morgan fingerprint density at radius 3 is 2.34 bits per heavy atom. The van der Waals surface area contributed by atoms with Gasteiger partial charge in [0.25, 0.3) is 0 Å². The van der Waals surface area contributed by atoms with Crippen LogP contribution in [0.1, 0.15) is 12.8 Å². The SMILES string of the molecule is O=C(NCC/C=C/S(=O)(=O)c1ccc(Cl)cc1)[C@H]1CCN(S(=O)(=O)c2ccc(F)cc2)C1. The predicted molar refractivity (Wildman–Crippen MR) is 119 cm³/mol. The molecule has 0 unspecified atom stereocenters. The van der Waals surface area contributed by atoms with E-state index in [9.17, 15) is 26.0 Å². The summed E-state index contributed by atoms with van der Waals surface area (Å²) in [6, 6.07) is 10.4. The molecule has 1 N–H and O–H groups in total. The first-order valence-electron chi connectivity index (χ1n) is 9.80. The summed E-state index contributed by atoms with van der Waals surface area (Å²) in [6.07, 6.45) is 2.11. The molecule has 0 spiro atoms. The number of sulfonamides is 1. The van der Waals surface area contributed by atoms with E-state index in [0.717, 1.165) is 17.5 Å². The molecule has 0 bridgehead atoms. The van der Waals surface area contributed by atoms with Gasteiger partial charge in [0, 0.05) is 30.1 Å². The summed E-state index contributed by atoms with van der Waals surface area (Å²) in [5.41, 5.74) is 0. The molecule has 7 nitrogen and oxygen atoms in total. The van der Waals surface area contributed by atoms with Crippen molar-refractivity contribution in [3.05, 3.63) is 70.9 Å². The minimum Gasteiger partial charge on any atom is -0.356 e. The second-order valence-corrected chi connectivity index (χ2v) is 11.5. The summed E-state index contributed by atoms with van der Waals surface area (Å²) in [6.45, 7) is 0.441. The standard InChI is InChI=1S/C21H22ClFN2O5S2/c22-17-3-7-19(8-4-17)31(27,28)14-2-1-12-24-21(26)16-11-13-25(15-16)32(29,30)20-9-5-18(23)6-10-20/h2-10,14,16H,1,11-13,15H2,(H,24,26)/b14-2+/t16-/m0/s1. The number of amides is 1. The topological polar surface area (TPSA) is 101 Å². The number of nitrogens with zero attached hydrogens (tertiary/aromatic N) is 1. The molecule has 0 radical (unpaired) electrons. The Labute approximate surface area is 191 Å². The molecule has 1 atom stereocenters. The van der Waals surface area contributed by atoms with Crippen LogP contribution in [0.3, 0.4) is 0 Å². The largest absolute Gasteiger partial charge is 0.356 e. The minimum absolute atomic E-state index is 0.0213. The summed E-state index contributed by atoms with van der Waals surface area (Å²) >= 11 is 5.76. The van der Waals surface area contributed by atoms with Crippen molar-refractivity contribution < 1.29 is 26.0 Å². The maximum Gasteiger partial charge on any atom is 0.243 e. The Bertz CT molecular complexity index is 1200. The van der Waals surface area contributed by atoms with Crippen LogP contribution in [0.4, 0.5) is 4.39 Å². The molecule has 1 heterocycles. The molecule has 11 heteroatoms. The highest BCUT2D eigenvalue weighted by molar-refractivity contribution is 7.94. The summed E-state index contributed by atoms with van der Waals surface area (Å²) in [4.78, 5) is 12.5. The van der Waals surface area contributed by atoms with Gasteiger partial charge in [-0.3, -0.25) is 4.79 Å². The van der Waals surface area contributed by atoms with Gasteiger partial charge in [-0.25, -0.2) is 21.2 Å². The zero-order valence-electron chi connectivity index (χ0n) is 16.9. The lowest BCUT2D eigenvalue weighted by molar-refractivity contribution is -0.124. The molecule has 1 fully saturated rings. The summed E-state index contributed by atoms with van der Waals surface area (Å²) in [5.74, 6) is -1.33. The van der Waals surface area contributed by atoms with Crippen LogP contribution in [0.25, 0.3) is 0 Å². The van der Waals surface area contributed by atoms with E-state index in [2.05, 4.69) is 5.32 Å². The number of benzene rings is 2. The molecular formula is C21H22ClFN2O5S2. The van der Waals surface area contributed by atoms with Gasteiger partial charge in [-0.2, -0.15) is 4.31 Å². The van der Waals surface area contributed by atoms with Crippen molar-refractivity contribution in [3.8, 4) is 0 Å². The van der Waals surface area contributed by atoms with E-state index < -0.39 is 31.6 Å². The van der Waals surface area contributed by atoms with Crippen LogP contribution in [0, 0.1) is 11.7 Å². The second kappa shape index (κ2) is 10.1. The molecule has 2 aromatic carbocycles. The van der Waals surface area contributed by atoms with Gasteiger partial charge in [0.15, 0.2) is 9.84 Å². The number of halogens is 2. The molecule has 0 aromatic heterocycles. The average Bonchev–Trinajstić information content (AvgIpc) is 3.25. The van der Waals surface area contributed by atoms with Gasteiger partial charge in [0.2, 0.25) is 15.9 Å². The zero-order chi connectivity index (χ0) is 23.4. The van der Waals surface area contributed by atoms with Gasteiger partial charge in [0.05, 0.1) is 15.7 Å². The fraction of sp³-hybridized carbons (Fsp3) is 0.286. The predicted octanol–water partition coefficient (Wildman–Crippen LogP) is 2.98. The molecule has 172 valence electrons. The van der Waals surface area contributed by atoms with E-state index in [-0.39, 0.29) is 35.3 Å². The van der Waals surface area contributed by atoms with Crippen LogP contribution in [-0.4, -0.2) is 46.7 Å². The second-order valence-electron chi connectivity index (χ2n) is 7.25. The molecule has 3 rings (SSSR count). The van der Waals surface area contributed by atoms with Crippen LogP contribution in [0.15, 0.2) is 69.8 Å². The highest BCUT2D eigenvalue weighted by Gasteiger charge is 2.35. The third-order valence-electron chi connectivity index (χ3n) is 5.00. The Morgan fingerprint density at radius 1 is 1.06 bits per heavy atom. The van der Waals surface area contributed by atoms with E-state index in [1.54, 1.807) is 0 Å². The van der Waals surface area contributed by atoms with Crippen molar-refractivity contribution in [1.29, 1.82) is 0 Å². The van der Waals surface area contributed by atoms with Crippen molar-refractivity contribution in [2.45, 2.75) is 22.6 Å². The molecule has 0 aliphatic carbocycles. The van der Waals surface area contributed by atoms with Crippen LogP contribution in [0.5, 0.6) is 0 Å². The molecule has 2 aromatic rings. The van der Waals surface area contributed by atoms with Gasteiger partial charge >= 0.3 is 0 Å². The van der Waals surface area contributed by atoms with Crippen molar-refractivity contribution in [1.82, 2.24) is 9.62 Å². The normalized spacial score (nSPS) is 17.6. The fourth-order valence-corrected chi connectivity index (χ4v) is 5.92. The number of sulfone groups is 1. The number of nitrogens with one attached hydrogen (secondary N) is 1. The summed E-state index contributed by atoms with van der Waals surface area (Å²) in [7, 11) is -7.39. The van der Waals surface area contributed by atoms with Crippen molar-refractivity contribution in [2.75, 3.05) is 19.6 Å². The van der Waals surface area contributed by atoms with Gasteiger partial charge in [-0.05, 0) is 61.4 Å². The molecule has 32 heavy (non-hydrogen) atoms. The van der Waals surface area contributed by atoms with E-state index in [4.69, 9.17) is 11.6 Å². The molecule has 1 aliphatic rings. The first-order chi connectivity index (χ1) is 15.1. The van der Waals surface area contributed by atoms with Gasteiger partial charge in [-0.1, -0.05) is 17.7 Å². The van der Waals surface area contributed by atoms with Crippen LogP contribution < -0.4 is 5.32 Å². The van der Waals surface area contributed by atoms with E-state index in [1.165, 1.54) is 46.8 Å². The lowest BCUT2D eigenvalue weighted by Gasteiger charge is -2.16. The van der Waals surface area contributed by atoms with E-state index >= 15 is 0 Å². The molecule has 1 aliphatic heterocycles. The highest BCUT2D eigenvalue weighted by Crippen LogP contribution is 2.24. The van der Waals surface area contributed by atoms with Crippen LogP contribution >= 0.6 is 11.6 Å². The quantitative estimate of drug-likeness (QED) is 0.561. The van der Waals surface area contributed by atoms with Crippen LogP contribution in [-0.2, 0) is 24.7 Å². The van der Waals surface area contributed by atoms with Crippen molar-refractivity contribution in [2.24, 2.45) is 5.92 Å². The Balaban J connectivity index is 1.48. The van der Waals surface area contributed by atoms with Crippen molar-refractivity contribution in [3.63, 3.8) is 0 Å². The number of hydrogen-bond acceptors (Lipinski definition) is 5. The molecule has 1 saturated heterocycles. The number of hydrogen-bond donors (Lipinski definition) is 1. The summed E-state index contributed by atoms with van der Waals surface area (Å²) < 4.78 is 64.0. The average molecular weight is 501 g/mol. The molecule has 1 amide bonds. The maximum atomic E-state index is 13.1.